The van der Waals surface area contributed by atoms with Crippen molar-refractivity contribution in [3.63, 3.8) is 0 Å². The Balaban J connectivity index is 2.02. The van der Waals surface area contributed by atoms with Crippen LogP contribution < -0.4 is 14.8 Å². The van der Waals surface area contributed by atoms with Crippen LogP contribution >= 0.6 is 0 Å². The number of carbonyl (C=O) groups is 1. The molecule has 5 nitrogen and oxygen atoms in total. The molecule has 1 unspecified atom stereocenters. The van der Waals surface area contributed by atoms with Crippen molar-refractivity contribution in [2.45, 2.75) is 26.3 Å². The first-order valence-electron chi connectivity index (χ1n) is 6.98. The van der Waals surface area contributed by atoms with Crippen molar-refractivity contribution in [1.29, 1.82) is 0 Å². The van der Waals surface area contributed by atoms with Crippen molar-refractivity contribution >= 4 is 5.91 Å². The average Bonchev–Trinajstić information content (AvgIpc) is 2.87. The zero-order valence-electron chi connectivity index (χ0n) is 12.3. The topological polar surface area (TPSA) is 50.8 Å². The van der Waals surface area contributed by atoms with Gasteiger partial charge in [0.1, 0.15) is 0 Å². The van der Waals surface area contributed by atoms with Gasteiger partial charge in [-0.15, -0.1) is 0 Å². The van der Waals surface area contributed by atoms with Crippen LogP contribution in [0.3, 0.4) is 0 Å². The Kier molecular flexibility index (Phi) is 4.84. The molecule has 5 heteroatoms. The zero-order chi connectivity index (χ0) is 14.5. The van der Waals surface area contributed by atoms with Gasteiger partial charge in [0.2, 0.25) is 12.7 Å². The lowest BCUT2D eigenvalue weighted by atomic mass is 10.1. The van der Waals surface area contributed by atoms with Crippen LogP contribution in [0.2, 0.25) is 0 Å². The molecule has 1 aliphatic heterocycles. The summed E-state index contributed by atoms with van der Waals surface area (Å²) in [6, 6.07) is 6.10. The SMILES string of the molecule is CCN(C(=O)CNC)C(C)Cc1ccc2c(c1)OCO2. The number of nitrogens with zero attached hydrogens (tertiary/aromatic N) is 1. The highest BCUT2D eigenvalue weighted by atomic mass is 16.7. The number of amides is 1. The monoisotopic (exact) mass is 278 g/mol. The second-order valence-corrected chi connectivity index (χ2v) is 4.95. The van der Waals surface area contributed by atoms with Crippen LogP contribution in [-0.4, -0.2) is 43.8 Å². The molecule has 1 aromatic rings. The summed E-state index contributed by atoms with van der Waals surface area (Å²) in [6.45, 7) is 5.45. The van der Waals surface area contributed by atoms with Crippen LogP contribution in [0.5, 0.6) is 11.5 Å². The summed E-state index contributed by atoms with van der Waals surface area (Å²) in [4.78, 5) is 13.9. The van der Waals surface area contributed by atoms with Gasteiger partial charge in [-0.1, -0.05) is 6.07 Å². The smallest absolute Gasteiger partial charge is 0.236 e. The van der Waals surface area contributed by atoms with E-state index in [1.807, 2.05) is 30.0 Å². The quantitative estimate of drug-likeness (QED) is 0.855. The Bertz CT molecular complexity index is 476. The van der Waals surface area contributed by atoms with Crippen LogP contribution in [0.15, 0.2) is 18.2 Å². The van der Waals surface area contributed by atoms with Gasteiger partial charge >= 0.3 is 0 Å². The van der Waals surface area contributed by atoms with Crippen molar-refractivity contribution in [1.82, 2.24) is 10.2 Å². The number of nitrogens with one attached hydrogen (secondary N) is 1. The largest absolute Gasteiger partial charge is 0.454 e. The molecule has 1 heterocycles. The van der Waals surface area contributed by atoms with Crippen molar-refractivity contribution in [2.24, 2.45) is 0 Å². The van der Waals surface area contributed by atoms with E-state index >= 15 is 0 Å². The van der Waals surface area contributed by atoms with Crippen LogP contribution in [0.1, 0.15) is 19.4 Å². The Hall–Kier alpha value is -1.75. The third-order valence-corrected chi connectivity index (χ3v) is 3.49. The van der Waals surface area contributed by atoms with Crippen molar-refractivity contribution in [3.8, 4) is 11.5 Å². The molecule has 1 amide bonds. The Morgan fingerprint density at radius 3 is 2.85 bits per heavy atom. The lowest BCUT2D eigenvalue weighted by molar-refractivity contribution is -0.131. The van der Waals surface area contributed by atoms with Gasteiger partial charge in [0.15, 0.2) is 11.5 Å². The number of benzene rings is 1. The predicted octanol–water partition coefficient (Wildman–Crippen LogP) is 1.41. The molecule has 0 bridgehead atoms. The molecule has 20 heavy (non-hydrogen) atoms. The van der Waals surface area contributed by atoms with E-state index in [4.69, 9.17) is 9.47 Å². The minimum atomic E-state index is 0.128. The highest BCUT2D eigenvalue weighted by Crippen LogP contribution is 2.32. The third-order valence-electron chi connectivity index (χ3n) is 3.49. The minimum absolute atomic E-state index is 0.128. The van der Waals surface area contributed by atoms with Crippen molar-refractivity contribution in [2.75, 3.05) is 26.9 Å². The van der Waals surface area contributed by atoms with Crippen molar-refractivity contribution in [3.05, 3.63) is 23.8 Å². The van der Waals surface area contributed by atoms with Crippen LogP contribution in [0.25, 0.3) is 0 Å². The number of likely N-dealkylation sites (N-methyl/N-ethyl adjacent to an activating group) is 2. The average molecular weight is 278 g/mol. The van der Waals surface area contributed by atoms with Crippen LogP contribution in [-0.2, 0) is 11.2 Å². The lowest BCUT2D eigenvalue weighted by Gasteiger charge is -2.28. The molecular weight excluding hydrogens is 256 g/mol. The van der Waals surface area contributed by atoms with Gasteiger partial charge in [-0.05, 0) is 45.0 Å². The molecule has 0 aliphatic carbocycles. The van der Waals surface area contributed by atoms with E-state index in [0.29, 0.717) is 13.1 Å². The van der Waals surface area contributed by atoms with Gasteiger partial charge in [-0.3, -0.25) is 4.79 Å². The van der Waals surface area contributed by atoms with Gasteiger partial charge < -0.3 is 19.7 Å². The van der Waals surface area contributed by atoms with Gasteiger partial charge in [0, 0.05) is 12.6 Å². The summed E-state index contributed by atoms with van der Waals surface area (Å²) < 4.78 is 10.7. The van der Waals surface area contributed by atoms with Gasteiger partial charge in [-0.2, -0.15) is 0 Å². The maximum atomic E-state index is 12.0. The second-order valence-electron chi connectivity index (χ2n) is 4.95. The molecular formula is C15H22N2O3. The molecule has 1 aliphatic rings. The minimum Gasteiger partial charge on any atom is -0.454 e. The fourth-order valence-electron chi connectivity index (χ4n) is 2.51. The number of rotatable bonds is 6. The highest BCUT2D eigenvalue weighted by Gasteiger charge is 2.19. The molecule has 0 aromatic heterocycles. The molecule has 0 saturated heterocycles. The second kappa shape index (κ2) is 6.61. The van der Waals surface area contributed by atoms with E-state index < -0.39 is 0 Å². The molecule has 0 radical (unpaired) electrons. The lowest BCUT2D eigenvalue weighted by Crippen LogP contribution is -2.43. The van der Waals surface area contributed by atoms with Gasteiger partial charge in [0.25, 0.3) is 0 Å². The number of carbonyl (C=O) groups excluding carboxylic acids is 1. The number of hydrogen-bond acceptors (Lipinski definition) is 4. The number of fused-ring (bicyclic) bond motifs is 1. The van der Waals surface area contributed by atoms with Crippen molar-refractivity contribution < 1.29 is 14.3 Å². The fourth-order valence-corrected chi connectivity index (χ4v) is 2.51. The fraction of sp³-hybridized carbons (Fsp3) is 0.533. The Labute approximate surface area is 119 Å². The first-order chi connectivity index (χ1) is 9.65. The molecule has 1 N–H and O–H groups in total. The summed E-state index contributed by atoms with van der Waals surface area (Å²) >= 11 is 0. The van der Waals surface area contributed by atoms with Gasteiger partial charge in [0.05, 0.1) is 6.54 Å². The number of ether oxygens (including phenoxy) is 2. The van der Waals surface area contributed by atoms with E-state index in [0.717, 1.165) is 23.5 Å². The standard InChI is InChI=1S/C15H22N2O3/c1-4-17(15(18)9-16-3)11(2)7-12-5-6-13-14(8-12)20-10-19-13/h5-6,8,11,16H,4,7,9-10H2,1-3H3. The maximum Gasteiger partial charge on any atom is 0.236 e. The van der Waals surface area contributed by atoms with E-state index in [-0.39, 0.29) is 18.7 Å². The van der Waals surface area contributed by atoms with Gasteiger partial charge in [-0.25, -0.2) is 0 Å². The zero-order valence-corrected chi connectivity index (χ0v) is 12.3. The van der Waals surface area contributed by atoms with Crippen LogP contribution in [0.4, 0.5) is 0 Å². The Morgan fingerprint density at radius 2 is 2.15 bits per heavy atom. The normalized spacial score (nSPS) is 14.2. The van der Waals surface area contributed by atoms with Crippen LogP contribution in [0, 0.1) is 0 Å². The predicted molar refractivity (Wildman–Crippen MR) is 77.0 cm³/mol. The summed E-state index contributed by atoms with van der Waals surface area (Å²) in [5.41, 5.74) is 1.15. The molecule has 1 aromatic carbocycles. The van der Waals surface area contributed by atoms with E-state index in [1.54, 1.807) is 7.05 Å². The first-order valence-corrected chi connectivity index (χ1v) is 6.98. The summed E-state index contributed by atoms with van der Waals surface area (Å²) in [5.74, 6) is 1.71. The first kappa shape index (κ1) is 14.7. The maximum absolute atomic E-state index is 12.0. The molecule has 0 saturated carbocycles. The molecule has 1 atom stereocenters. The number of hydrogen-bond donors (Lipinski definition) is 1. The Morgan fingerprint density at radius 1 is 1.40 bits per heavy atom. The van der Waals surface area contributed by atoms with E-state index in [2.05, 4.69) is 12.2 Å². The van der Waals surface area contributed by atoms with E-state index in [1.165, 1.54) is 0 Å². The van der Waals surface area contributed by atoms with E-state index in [9.17, 15) is 4.79 Å². The summed E-state index contributed by atoms with van der Waals surface area (Å²) in [5, 5.41) is 2.91. The highest BCUT2D eigenvalue weighted by molar-refractivity contribution is 5.78. The molecule has 0 fully saturated rings. The molecule has 0 spiro atoms. The summed E-state index contributed by atoms with van der Waals surface area (Å²) in [6.07, 6.45) is 0.805. The summed E-state index contributed by atoms with van der Waals surface area (Å²) in [7, 11) is 1.79. The third kappa shape index (κ3) is 3.22. The molecule has 2 rings (SSSR count). The molecule has 110 valence electrons.